The van der Waals surface area contributed by atoms with Crippen LogP contribution in [0.3, 0.4) is 0 Å². The maximum absolute atomic E-state index is 11.2. The van der Waals surface area contributed by atoms with Gasteiger partial charge in [-0.2, -0.15) is 5.26 Å². The summed E-state index contributed by atoms with van der Waals surface area (Å²) < 4.78 is 10.8. The highest BCUT2D eigenvalue weighted by Crippen LogP contribution is 2.41. The van der Waals surface area contributed by atoms with Crippen molar-refractivity contribution in [1.29, 1.82) is 5.26 Å². The number of nitrogens with zero attached hydrogens (tertiary/aromatic N) is 1. The number of aryl methyl sites for hydroxylation is 1. The van der Waals surface area contributed by atoms with Crippen LogP contribution in [0.15, 0.2) is 36.4 Å². The molecule has 1 heterocycles. The molecule has 8 heteroatoms. The molecule has 0 saturated carbocycles. The summed E-state index contributed by atoms with van der Waals surface area (Å²) in [6.07, 6.45) is -5.37. The van der Waals surface area contributed by atoms with Crippen molar-refractivity contribution in [1.82, 2.24) is 0 Å². The summed E-state index contributed by atoms with van der Waals surface area (Å²) in [5.41, 5.74) is 2.95. The van der Waals surface area contributed by atoms with E-state index in [1.807, 2.05) is 24.3 Å². The molecule has 0 aromatic heterocycles. The van der Waals surface area contributed by atoms with Crippen LogP contribution in [-0.2, 0) is 23.4 Å². The molecule has 1 fully saturated rings. The number of aliphatic hydroxyl groups is 5. The van der Waals surface area contributed by atoms with Gasteiger partial charge in [-0.25, -0.2) is 0 Å². The monoisotopic (exact) mass is 429 g/mol. The lowest BCUT2D eigenvalue weighted by molar-refractivity contribution is -0.358. The Hall–Kier alpha value is -2.51. The van der Waals surface area contributed by atoms with E-state index in [0.717, 1.165) is 12.0 Å². The van der Waals surface area contributed by atoms with Crippen molar-refractivity contribution < 1.29 is 35.0 Å². The van der Waals surface area contributed by atoms with E-state index >= 15 is 0 Å². The van der Waals surface area contributed by atoms with Crippen molar-refractivity contribution in [2.45, 2.75) is 50.0 Å². The molecule has 1 saturated heterocycles. The van der Waals surface area contributed by atoms with Crippen LogP contribution in [0.25, 0.3) is 0 Å². The molecule has 1 aliphatic heterocycles. The summed E-state index contributed by atoms with van der Waals surface area (Å²) in [5.74, 6) is -2.42. The van der Waals surface area contributed by atoms with E-state index in [4.69, 9.17) is 9.47 Å². The standard InChI is InChI=1S/C23H27NO7/c1-3-13-4-6-14(7-5-13)8-15-9-17(18(30-2)10-16(15)11-24)23(29)22(28)21(27)20(26)19(12-25)31-23/h4-7,9-10,19-22,25-29H,3,8,12H2,1-2H3/t19-,20-,21+,22-,23?/m1/s1. The van der Waals surface area contributed by atoms with Crippen LogP contribution in [0.4, 0.5) is 0 Å². The summed E-state index contributed by atoms with van der Waals surface area (Å²) >= 11 is 0. The summed E-state index contributed by atoms with van der Waals surface area (Å²) in [4.78, 5) is 0. The average molecular weight is 429 g/mol. The molecule has 1 unspecified atom stereocenters. The Bertz CT molecular complexity index is 954. The second-order valence-electron chi connectivity index (χ2n) is 7.63. The molecule has 0 radical (unpaired) electrons. The first-order chi connectivity index (χ1) is 14.8. The first kappa shape index (κ1) is 23.2. The van der Waals surface area contributed by atoms with Crippen molar-refractivity contribution in [3.8, 4) is 11.8 Å². The van der Waals surface area contributed by atoms with E-state index in [1.54, 1.807) is 0 Å². The van der Waals surface area contributed by atoms with Crippen LogP contribution >= 0.6 is 0 Å². The van der Waals surface area contributed by atoms with E-state index in [2.05, 4.69) is 13.0 Å². The molecule has 2 aromatic carbocycles. The Kier molecular flexibility index (Phi) is 6.96. The van der Waals surface area contributed by atoms with Gasteiger partial charge in [-0.05, 0) is 41.7 Å². The van der Waals surface area contributed by atoms with Gasteiger partial charge in [0, 0.05) is 0 Å². The quantitative estimate of drug-likeness (QED) is 0.442. The molecule has 5 atom stereocenters. The molecule has 0 bridgehead atoms. The van der Waals surface area contributed by atoms with Gasteiger partial charge in [-0.3, -0.25) is 0 Å². The Morgan fingerprint density at radius 2 is 1.74 bits per heavy atom. The van der Waals surface area contributed by atoms with E-state index in [0.29, 0.717) is 17.5 Å². The van der Waals surface area contributed by atoms with Crippen molar-refractivity contribution in [2.75, 3.05) is 13.7 Å². The smallest absolute Gasteiger partial charge is 0.226 e. The Morgan fingerprint density at radius 3 is 2.29 bits per heavy atom. The number of nitriles is 1. The fraction of sp³-hybridized carbons (Fsp3) is 0.435. The fourth-order valence-corrected chi connectivity index (χ4v) is 3.81. The van der Waals surface area contributed by atoms with Crippen LogP contribution < -0.4 is 4.74 Å². The number of rotatable bonds is 6. The minimum absolute atomic E-state index is 0.0221. The molecule has 3 rings (SSSR count). The van der Waals surface area contributed by atoms with Gasteiger partial charge in [0.1, 0.15) is 30.2 Å². The van der Waals surface area contributed by atoms with Crippen LogP contribution in [0.5, 0.6) is 5.75 Å². The van der Waals surface area contributed by atoms with Gasteiger partial charge in [0.25, 0.3) is 0 Å². The lowest BCUT2D eigenvalue weighted by atomic mass is 9.85. The maximum Gasteiger partial charge on any atom is 0.226 e. The maximum atomic E-state index is 11.2. The number of benzene rings is 2. The predicted octanol–water partition coefficient (Wildman–Crippen LogP) is 0.339. The summed E-state index contributed by atoms with van der Waals surface area (Å²) in [7, 11) is 1.33. The molecule has 166 valence electrons. The van der Waals surface area contributed by atoms with Crippen molar-refractivity contribution in [2.24, 2.45) is 0 Å². The Morgan fingerprint density at radius 1 is 1.10 bits per heavy atom. The number of hydrogen-bond acceptors (Lipinski definition) is 8. The van der Waals surface area contributed by atoms with Crippen LogP contribution in [-0.4, -0.2) is 63.7 Å². The lowest BCUT2D eigenvalue weighted by Crippen LogP contribution is -2.63. The summed E-state index contributed by atoms with van der Waals surface area (Å²) in [5, 5.41) is 61.1. The van der Waals surface area contributed by atoms with Gasteiger partial charge in [0.15, 0.2) is 0 Å². The van der Waals surface area contributed by atoms with Crippen molar-refractivity contribution in [3.63, 3.8) is 0 Å². The predicted molar refractivity (Wildman–Crippen MR) is 110 cm³/mol. The molecule has 5 N–H and O–H groups in total. The lowest BCUT2D eigenvalue weighted by Gasteiger charge is -2.45. The number of ether oxygens (including phenoxy) is 2. The van der Waals surface area contributed by atoms with Gasteiger partial charge in [0.2, 0.25) is 5.79 Å². The number of methoxy groups -OCH3 is 1. The fourth-order valence-electron chi connectivity index (χ4n) is 3.81. The minimum Gasteiger partial charge on any atom is -0.496 e. The first-order valence-corrected chi connectivity index (χ1v) is 10.0. The van der Waals surface area contributed by atoms with E-state index in [-0.39, 0.29) is 11.3 Å². The average Bonchev–Trinajstić information content (AvgIpc) is 2.80. The van der Waals surface area contributed by atoms with Gasteiger partial charge < -0.3 is 35.0 Å². The molecule has 31 heavy (non-hydrogen) atoms. The zero-order chi connectivity index (χ0) is 22.8. The molecule has 0 aliphatic carbocycles. The normalized spacial score (nSPS) is 28.2. The first-order valence-electron chi connectivity index (χ1n) is 10.0. The summed E-state index contributed by atoms with van der Waals surface area (Å²) in [6.45, 7) is 1.36. The molecule has 1 aliphatic rings. The minimum atomic E-state index is -2.48. The highest BCUT2D eigenvalue weighted by molar-refractivity contribution is 5.51. The van der Waals surface area contributed by atoms with E-state index in [9.17, 15) is 30.8 Å². The van der Waals surface area contributed by atoms with E-state index < -0.39 is 36.8 Å². The van der Waals surface area contributed by atoms with Crippen LogP contribution in [0, 0.1) is 11.3 Å². The van der Waals surface area contributed by atoms with Gasteiger partial charge in [-0.15, -0.1) is 0 Å². The largest absolute Gasteiger partial charge is 0.496 e. The number of hydrogen-bond donors (Lipinski definition) is 5. The van der Waals surface area contributed by atoms with E-state index in [1.165, 1.54) is 24.8 Å². The second kappa shape index (κ2) is 9.32. The zero-order valence-electron chi connectivity index (χ0n) is 17.4. The highest BCUT2D eigenvalue weighted by atomic mass is 16.7. The third kappa shape index (κ3) is 4.29. The third-order valence-electron chi connectivity index (χ3n) is 5.72. The van der Waals surface area contributed by atoms with Gasteiger partial charge >= 0.3 is 0 Å². The Labute approximate surface area is 180 Å². The van der Waals surface area contributed by atoms with Crippen LogP contribution in [0.2, 0.25) is 0 Å². The van der Waals surface area contributed by atoms with Crippen molar-refractivity contribution >= 4 is 0 Å². The number of aliphatic hydroxyl groups excluding tert-OH is 4. The van der Waals surface area contributed by atoms with Gasteiger partial charge in [-0.1, -0.05) is 31.2 Å². The molecule has 0 spiro atoms. The Balaban J connectivity index is 2.08. The van der Waals surface area contributed by atoms with Gasteiger partial charge in [0.05, 0.1) is 30.9 Å². The zero-order valence-corrected chi connectivity index (χ0v) is 17.4. The topological polar surface area (TPSA) is 143 Å². The third-order valence-corrected chi connectivity index (χ3v) is 5.72. The molecular formula is C23H27NO7. The van der Waals surface area contributed by atoms with Crippen LogP contribution in [0.1, 0.15) is 34.7 Å². The molecular weight excluding hydrogens is 402 g/mol. The highest BCUT2D eigenvalue weighted by Gasteiger charge is 2.54. The molecule has 2 aromatic rings. The van der Waals surface area contributed by atoms with Crippen molar-refractivity contribution in [3.05, 3.63) is 64.2 Å². The second-order valence-corrected chi connectivity index (χ2v) is 7.63. The summed E-state index contributed by atoms with van der Waals surface area (Å²) in [6, 6.07) is 12.9. The molecule has 0 amide bonds. The SMILES string of the molecule is CCc1ccc(Cc2cc(C3(O)O[C@H](CO)[C@@H](O)[C@H](O)[C@H]3O)c(OC)cc2C#N)cc1. The molecule has 8 nitrogen and oxygen atoms in total.